The number of para-hydroxylation sites is 2. The van der Waals surface area contributed by atoms with Crippen molar-refractivity contribution < 1.29 is 4.79 Å². The Hall–Kier alpha value is -2.18. The number of aromatic nitrogens is 2. The average molecular weight is 416 g/mol. The molecule has 0 spiro atoms. The van der Waals surface area contributed by atoms with Gasteiger partial charge in [0.25, 0.3) is 0 Å². The largest absolute Gasteiger partial charge is 0.343 e. The summed E-state index contributed by atoms with van der Waals surface area (Å²) in [4.78, 5) is 30.9. The van der Waals surface area contributed by atoms with E-state index in [-0.39, 0.29) is 17.6 Å². The lowest BCUT2D eigenvalue weighted by atomic mass is 10.0. The highest BCUT2D eigenvalue weighted by Gasteiger charge is 2.25. The highest BCUT2D eigenvalue weighted by Crippen LogP contribution is 2.26. The molecule has 1 fully saturated rings. The van der Waals surface area contributed by atoms with Gasteiger partial charge in [-0.3, -0.25) is 9.36 Å². The predicted molar refractivity (Wildman–Crippen MR) is 114 cm³/mol. The van der Waals surface area contributed by atoms with E-state index in [2.05, 4.69) is 4.98 Å². The SMILES string of the molecule is O=C(CCSc1ccc(Cl)cc1)N1CCC(n2c(=O)[nH]c3ccccc32)CC1. The number of piperidine rings is 1. The minimum atomic E-state index is -0.0645. The van der Waals surface area contributed by atoms with Gasteiger partial charge >= 0.3 is 5.69 Å². The van der Waals surface area contributed by atoms with Crippen molar-refractivity contribution in [3.05, 3.63) is 64.0 Å². The van der Waals surface area contributed by atoms with Gasteiger partial charge in [-0.25, -0.2) is 4.79 Å². The summed E-state index contributed by atoms with van der Waals surface area (Å²) in [7, 11) is 0. The molecule has 0 bridgehead atoms. The van der Waals surface area contributed by atoms with Gasteiger partial charge in [0.2, 0.25) is 5.91 Å². The van der Waals surface area contributed by atoms with E-state index in [0.29, 0.717) is 19.5 Å². The number of benzene rings is 2. The van der Waals surface area contributed by atoms with Gasteiger partial charge in [0.15, 0.2) is 0 Å². The molecule has 0 radical (unpaired) electrons. The molecule has 1 aliphatic heterocycles. The normalized spacial score (nSPS) is 15.2. The van der Waals surface area contributed by atoms with Crippen LogP contribution in [0.4, 0.5) is 0 Å². The Bertz CT molecular complexity index is 1020. The first kappa shape index (κ1) is 19.2. The van der Waals surface area contributed by atoms with Crippen molar-refractivity contribution in [2.75, 3.05) is 18.8 Å². The number of fused-ring (bicyclic) bond motifs is 1. The molecule has 1 aromatic heterocycles. The lowest BCUT2D eigenvalue weighted by Crippen LogP contribution is -2.40. The number of halogens is 1. The van der Waals surface area contributed by atoms with Gasteiger partial charge in [0, 0.05) is 41.2 Å². The molecule has 2 heterocycles. The lowest BCUT2D eigenvalue weighted by Gasteiger charge is -2.32. The second-order valence-corrected chi connectivity index (χ2v) is 8.59. The molecule has 0 aliphatic carbocycles. The van der Waals surface area contributed by atoms with Crippen molar-refractivity contribution in [2.24, 2.45) is 0 Å². The summed E-state index contributed by atoms with van der Waals surface area (Å²) in [5.41, 5.74) is 1.74. The molecule has 4 rings (SSSR count). The Balaban J connectivity index is 1.31. The van der Waals surface area contributed by atoms with Gasteiger partial charge in [-0.2, -0.15) is 0 Å². The van der Waals surface area contributed by atoms with E-state index in [4.69, 9.17) is 11.6 Å². The number of hydrogen-bond acceptors (Lipinski definition) is 3. The first-order valence-electron chi connectivity index (χ1n) is 9.47. The number of imidazole rings is 1. The monoisotopic (exact) mass is 415 g/mol. The topological polar surface area (TPSA) is 58.1 Å². The van der Waals surface area contributed by atoms with Crippen LogP contribution in [0, 0.1) is 0 Å². The van der Waals surface area contributed by atoms with Crippen LogP contribution in [0.2, 0.25) is 5.02 Å². The fourth-order valence-corrected chi connectivity index (χ4v) is 4.72. The van der Waals surface area contributed by atoms with Crippen LogP contribution < -0.4 is 5.69 Å². The zero-order chi connectivity index (χ0) is 19.5. The van der Waals surface area contributed by atoms with Crippen LogP contribution in [-0.2, 0) is 4.79 Å². The third kappa shape index (κ3) is 4.13. The maximum atomic E-state index is 12.5. The second kappa shape index (κ2) is 8.45. The summed E-state index contributed by atoms with van der Waals surface area (Å²) >= 11 is 7.56. The molecule has 1 saturated heterocycles. The fourth-order valence-electron chi connectivity index (χ4n) is 3.76. The summed E-state index contributed by atoms with van der Waals surface area (Å²) in [6.07, 6.45) is 2.13. The molecule has 0 saturated carbocycles. The van der Waals surface area contributed by atoms with E-state index < -0.39 is 0 Å². The predicted octanol–water partition coefficient (Wildman–Crippen LogP) is 4.33. The molecule has 1 N–H and O–H groups in total. The maximum Gasteiger partial charge on any atom is 0.326 e. The van der Waals surface area contributed by atoms with E-state index in [1.165, 1.54) is 0 Å². The molecule has 0 atom stereocenters. The van der Waals surface area contributed by atoms with Crippen molar-refractivity contribution in [3.8, 4) is 0 Å². The van der Waals surface area contributed by atoms with E-state index in [1.807, 2.05) is 58.0 Å². The summed E-state index contributed by atoms with van der Waals surface area (Å²) < 4.78 is 1.85. The third-order valence-corrected chi connectivity index (χ3v) is 6.47. The van der Waals surface area contributed by atoms with E-state index in [1.54, 1.807) is 11.8 Å². The quantitative estimate of drug-likeness (QED) is 0.631. The van der Waals surface area contributed by atoms with Crippen LogP contribution in [0.1, 0.15) is 25.3 Å². The zero-order valence-corrected chi connectivity index (χ0v) is 17.0. The highest BCUT2D eigenvalue weighted by molar-refractivity contribution is 7.99. The number of hydrogen-bond donors (Lipinski definition) is 1. The van der Waals surface area contributed by atoms with Crippen LogP contribution in [0.3, 0.4) is 0 Å². The summed E-state index contributed by atoms with van der Waals surface area (Å²) in [6.45, 7) is 1.39. The van der Waals surface area contributed by atoms with Gasteiger partial charge in [0.05, 0.1) is 11.0 Å². The average Bonchev–Trinajstić information content (AvgIpc) is 3.05. The number of aromatic amines is 1. The Labute approximate surface area is 172 Å². The lowest BCUT2D eigenvalue weighted by molar-refractivity contribution is -0.132. The van der Waals surface area contributed by atoms with Crippen molar-refractivity contribution in [1.29, 1.82) is 0 Å². The molecule has 5 nitrogen and oxygen atoms in total. The molecular formula is C21H22ClN3O2S. The number of H-pyrrole nitrogens is 1. The maximum absolute atomic E-state index is 12.5. The van der Waals surface area contributed by atoms with Crippen molar-refractivity contribution in [1.82, 2.24) is 14.5 Å². The standard InChI is InChI=1S/C21H22ClN3O2S/c22-15-5-7-17(8-6-15)28-14-11-20(26)24-12-9-16(10-13-24)25-19-4-2-1-3-18(19)23-21(25)27/h1-8,16H,9-14H2,(H,23,27). The molecule has 1 amide bonds. The van der Waals surface area contributed by atoms with Crippen LogP contribution in [0.5, 0.6) is 0 Å². The fraction of sp³-hybridized carbons (Fsp3) is 0.333. The summed E-state index contributed by atoms with van der Waals surface area (Å²) in [5.74, 6) is 0.939. The molecular weight excluding hydrogens is 394 g/mol. The molecule has 0 unspecified atom stereocenters. The van der Waals surface area contributed by atoms with Crippen molar-refractivity contribution in [2.45, 2.75) is 30.2 Å². The minimum absolute atomic E-state index is 0.0645. The Kier molecular flexibility index (Phi) is 5.78. The van der Waals surface area contributed by atoms with Crippen molar-refractivity contribution >= 4 is 40.3 Å². The molecule has 28 heavy (non-hydrogen) atoms. The number of rotatable bonds is 5. The molecule has 3 aromatic rings. The number of carbonyl (C=O) groups excluding carboxylic acids is 1. The Morgan fingerprint density at radius 1 is 1.11 bits per heavy atom. The van der Waals surface area contributed by atoms with Crippen LogP contribution in [0.25, 0.3) is 11.0 Å². The van der Waals surface area contributed by atoms with Gasteiger partial charge in [0.1, 0.15) is 0 Å². The van der Waals surface area contributed by atoms with E-state index in [0.717, 1.165) is 39.5 Å². The zero-order valence-electron chi connectivity index (χ0n) is 15.4. The Morgan fingerprint density at radius 2 is 1.82 bits per heavy atom. The van der Waals surface area contributed by atoms with Gasteiger partial charge in [-0.15, -0.1) is 11.8 Å². The summed E-state index contributed by atoms with van der Waals surface area (Å²) in [6, 6.07) is 15.6. The molecule has 146 valence electrons. The van der Waals surface area contributed by atoms with Gasteiger partial charge < -0.3 is 9.88 Å². The molecule has 1 aliphatic rings. The van der Waals surface area contributed by atoms with Crippen LogP contribution in [-0.4, -0.2) is 39.2 Å². The van der Waals surface area contributed by atoms with Gasteiger partial charge in [-0.05, 0) is 49.2 Å². The Morgan fingerprint density at radius 3 is 2.57 bits per heavy atom. The number of thioether (sulfide) groups is 1. The number of amides is 1. The first-order chi connectivity index (χ1) is 13.6. The second-order valence-electron chi connectivity index (χ2n) is 6.98. The number of nitrogens with zero attached hydrogens (tertiary/aromatic N) is 2. The summed E-state index contributed by atoms with van der Waals surface area (Å²) in [5, 5.41) is 0.720. The van der Waals surface area contributed by atoms with Crippen LogP contribution in [0.15, 0.2) is 58.2 Å². The van der Waals surface area contributed by atoms with E-state index in [9.17, 15) is 9.59 Å². The smallest absolute Gasteiger partial charge is 0.326 e. The van der Waals surface area contributed by atoms with E-state index >= 15 is 0 Å². The molecule has 7 heteroatoms. The minimum Gasteiger partial charge on any atom is -0.343 e. The molecule has 2 aromatic carbocycles. The first-order valence-corrected chi connectivity index (χ1v) is 10.8. The number of carbonyl (C=O) groups is 1. The van der Waals surface area contributed by atoms with Gasteiger partial charge in [-0.1, -0.05) is 23.7 Å². The van der Waals surface area contributed by atoms with Crippen LogP contribution >= 0.6 is 23.4 Å². The van der Waals surface area contributed by atoms with Crippen molar-refractivity contribution in [3.63, 3.8) is 0 Å². The number of nitrogens with one attached hydrogen (secondary N) is 1. The highest BCUT2D eigenvalue weighted by atomic mass is 35.5. The number of likely N-dealkylation sites (tertiary alicyclic amines) is 1. The third-order valence-electron chi connectivity index (χ3n) is 5.20.